The van der Waals surface area contributed by atoms with Crippen LogP contribution in [0.2, 0.25) is 0 Å². The van der Waals surface area contributed by atoms with Gasteiger partial charge < -0.3 is 10.1 Å². The number of benzene rings is 1. The van der Waals surface area contributed by atoms with Gasteiger partial charge in [-0.25, -0.2) is 4.79 Å². The third-order valence-electron chi connectivity index (χ3n) is 2.73. The molecule has 0 unspecified atom stereocenters. The lowest BCUT2D eigenvalue weighted by Gasteiger charge is -2.09. The van der Waals surface area contributed by atoms with Crippen LogP contribution >= 0.6 is 23.1 Å². The lowest BCUT2D eigenvalue weighted by molar-refractivity contribution is -0.142. The number of para-hydroxylation sites is 1. The summed E-state index contributed by atoms with van der Waals surface area (Å²) in [7, 11) is 0. The van der Waals surface area contributed by atoms with Gasteiger partial charge in [0.1, 0.15) is 0 Å². The van der Waals surface area contributed by atoms with E-state index in [0.29, 0.717) is 5.69 Å². The highest BCUT2D eigenvalue weighted by atomic mass is 32.2. The van der Waals surface area contributed by atoms with Crippen LogP contribution in [0.5, 0.6) is 0 Å². The maximum atomic E-state index is 11.9. The van der Waals surface area contributed by atoms with Crippen LogP contribution in [0.4, 0.5) is 5.69 Å². The molecule has 0 bridgehead atoms. The van der Waals surface area contributed by atoms with Gasteiger partial charge in [0, 0.05) is 15.8 Å². The Labute approximate surface area is 147 Å². The van der Waals surface area contributed by atoms with Crippen LogP contribution in [0.25, 0.3) is 6.08 Å². The van der Waals surface area contributed by atoms with Crippen LogP contribution in [0.1, 0.15) is 4.88 Å². The fourth-order valence-electron chi connectivity index (χ4n) is 1.71. The van der Waals surface area contributed by atoms with Gasteiger partial charge in [-0.15, -0.1) is 23.1 Å². The third kappa shape index (κ3) is 5.91. The van der Waals surface area contributed by atoms with Crippen LogP contribution in [-0.4, -0.2) is 24.2 Å². The minimum absolute atomic E-state index is 0.287. The van der Waals surface area contributed by atoms with Crippen molar-refractivity contribution in [1.82, 2.24) is 0 Å². The first-order valence-electron chi connectivity index (χ1n) is 6.96. The molecule has 2 aromatic rings. The van der Waals surface area contributed by atoms with E-state index in [-0.39, 0.29) is 12.4 Å². The number of esters is 1. The molecule has 122 valence electrons. The van der Waals surface area contributed by atoms with Gasteiger partial charge in [0.05, 0.1) is 17.5 Å². The van der Waals surface area contributed by atoms with Gasteiger partial charge in [0.2, 0.25) is 0 Å². The zero-order valence-corrected chi connectivity index (χ0v) is 14.2. The number of nitrogens with one attached hydrogen (secondary N) is 1. The van der Waals surface area contributed by atoms with Gasteiger partial charge in [0.15, 0.2) is 6.61 Å². The lowest BCUT2D eigenvalue weighted by Crippen LogP contribution is -2.20. The van der Waals surface area contributed by atoms with Gasteiger partial charge in [-0.1, -0.05) is 18.2 Å². The number of amides is 1. The molecule has 5 nitrogen and oxygen atoms in total. The molecule has 0 fully saturated rings. The molecule has 0 aliphatic carbocycles. The second-order valence-corrected chi connectivity index (χ2v) is 6.44. The largest absolute Gasteiger partial charge is 0.452 e. The van der Waals surface area contributed by atoms with E-state index in [1.165, 1.54) is 29.2 Å². The number of nitriles is 1. The summed E-state index contributed by atoms with van der Waals surface area (Å²) in [4.78, 5) is 25.2. The quantitative estimate of drug-likeness (QED) is 0.465. The number of ether oxygens (including phenoxy) is 1. The average Bonchev–Trinajstić information content (AvgIpc) is 3.11. The number of thiophene rings is 1. The lowest BCUT2D eigenvalue weighted by atomic mass is 10.3. The van der Waals surface area contributed by atoms with Crippen molar-refractivity contribution in [3.63, 3.8) is 0 Å². The summed E-state index contributed by atoms with van der Waals surface area (Å²) >= 11 is 2.83. The minimum atomic E-state index is -0.578. The number of nitrogens with zero attached hydrogens (tertiary/aromatic N) is 1. The summed E-state index contributed by atoms with van der Waals surface area (Å²) in [5.74, 6) is -0.723. The Morgan fingerprint density at radius 1 is 1.29 bits per heavy atom. The van der Waals surface area contributed by atoms with Crippen LogP contribution in [-0.2, 0) is 14.3 Å². The predicted molar refractivity (Wildman–Crippen MR) is 95.7 cm³/mol. The van der Waals surface area contributed by atoms with Crippen molar-refractivity contribution in [2.75, 3.05) is 17.7 Å². The predicted octanol–water partition coefficient (Wildman–Crippen LogP) is 3.56. The Balaban J connectivity index is 1.83. The Morgan fingerprint density at radius 2 is 2.12 bits per heavy atom. The number of anilines is 1. The summed E-state index contributed by atoms with van der Waals surface area (Å²) in [6, 6.07) is 12.9. The summed E-state index contributed by atoms with van der Waals surface area (Å²) < 4.78 is 4.90. The maximum Gasteiger partial charge on any atom is 0.331 e. The van der Waals surface area contributed by atoms with Gasteiger partial charge >= 0.3 is 5.97 Å². The van der Waals surface area contributed by atoms with Gasteiger partial charge in [-0.05, 0) is 29.7 Å². The van der Waals surface area contributed by atoms with Crippen molar-refractivity contribution in [1.29, 1.82) is 5.26 Å². The zero-order valence-electron chi connectivity index (χ0n) is 12.6. The molecule has 7 heteroatoms. The van der Waals surface area contributed by atoms with Gasteiger partial charge in [-0.2, -0.15) is 5.26 Å². The minimum Gasteiger partial charge on any atom is -0.452 e. The Bertz CT molecular complexity index is 764. The Kier molecular flexibility index (Phi) is 7.08. The summed E-state index contributed by atoms with van der Waals surface area (Å²) in [5.41, 5.74) is 0.591. The van der Waals surface area contributed by atoms with E-state index in [4.69, 9.17) is 10.00 Å². The molecule has 0 saturated carbocycles. The molecule has 1 aromatic heterocycles. The molecule has 24 heavy (non-hydrogen) atoms. The smallest absolute Gasteiger partial charge is 0.331 e. The highest BCUT2D eigenvalue weighted by Crippen LogP contribution is 2.26. The van der Waals surface area contributed by atoms with E-state index >= 15 is 0 Å². The van der Waals surface area contributed by atoms with E-state index < -0.39 is 11.9 Å². The molecular formula is C17H14N2O3S2. The number of carbonyl (C=O) groups is 2. The fraction of sp³-hybridized carbons (Fsp3) is 0.118. The monoisotopic (exact) mass is 358 g/mol. The van der Waals surface area contributed by atoms with Crippen molar-refractivity contribution in [3.8, 4) is 6.07 Å². The first-order valence-corrected chi connectivity index (χ1v) is 8.82. The normalized spacial score (nSPS) is 10.3. The van der Waals surface area contributed by atoms with Crippen molar-refractivity contribution >= 4 is 46.7 Å². The van der Waals surface area contributed by atoms with E-state index in [0.717, 1.165) is 9.77 Å². The summed E-state index contributed by atoms with van der Waals surface area (Å²) in [6.45, 7) is -0.370. The number of hydrogen-bond acceptors (Lipinski definition) is 6. The van der Waals surface area contributed by atoms with Crippen LogP contribution in [0.3, 0.4) is 0 Å². The van der Waals surface area contributed by atoms with Gasteiger partial charge in [-0.3, -0.25) is 4.79 Å². The SMILES string of the molecule is N#CCSc1ccccc1NC(=O)COC(=O)/C=C/c1cccs1. The Morgan fingerprint density at radius 3 is 2.88 bits per heavy atom. The molecular weight excluding hydrogens is 344 g/mol. The standard InChI is InChI=1S/C17H14N2O3S2/c18-9-11-24-15-6-2-1-5-14(15)19-16(20)12-22-17(21)8-7-13-4-3-10-23-13/h1-8,10H,11-12H2,(H,19,20)/b8-7+. The van der Waals surface area contributed by atoms with Crippen LogP contribution in [0.15, 0.2) is 52.7 Å². The van der Waals surface area contributed by atoms with E-state index in [2.05, 4.69) is 5.32 Å². The second kappa shape index (κ2) is 9.55. The molecule has 1 heterocycles. The number of thioether (sulfide) groups is 1. The fourth-order valence-corrected chi connectivity index (χ4v) is 3.00. The highest BCUT2D eigenvalue weighted by Gasteiger charge is 2.09. The molecule has 1 aromatic carbocycles. The Hall–Kier alpha value is -2.56. The molecule has 1 N–H and O–H groups in total. The first-order chi connectivity index (χ1) is 11.7. The summed E-state index contributed by atoms with van der Waals surface area (Å²) in [6.07, 6.45) is 2.93. The van der Waals surface area contributed by atoms with E-state index in [9.17, 15) is 9.59 Å². The highest BCUT2D eigenvalue weighted by molar-refractivity contribution is 7.99. The van der Waals surface area contributed by atoms with Crippen molar-refractivity contribution in [3.05, 3.63) is 52.7 Å². The topological polar surface area (TPSA) is 79.2 Å². The molecule has 1 amide bonds. The summed E-state index contributed by atoms with van der Waals surface area (Å²) in [5, 5.41) is 13.2. The third-order valence-corrected chi connectivity index (χ3v) is 4.50. The molecule has 0 saturated heterocycles. The zero-order chi connectivity index (χ0) is 17.2. The molecule has 2 rings (SSSR count). The number of carbonyl (C=O) groups excluding carboxylic acids is 2. The molecule has 0 radical (unpaired) electrons. The number of rotatable bonds is 7. The van der Waals surface area contributed by atoms with Crippen LogP contribution < -0.4 is 5.32 Å². The molecule has 0 atom stereocenters. The molecule has 0 aliphatic rings. The molecule has 0 aliphatic heterocycles. The maximum absolute atomic E-state index is 11.9. The van der Waals surface area contributed by atoms with E-state index in [1.54, 1.807) is 18.2 Å². The van der Waals surface area contributed by atoms with Gasteiger partial charge in [0.25, 0.3) is 5.91 Å². The van der Waals surface area contributed by atoms with Crippen molar-refractivity contribution in [2.24, 2.45) is 0 Å². The van der Waals surface area contributed by atoms with Crippen LogP contribution in [0, 0.1) is 11.3 Å². The molecule has 0 spiro atoms. The second-order valence-electron chi connectivity index (χ2n) is 4.45. The van der Waals surface area contributed by atoms with Crippen molar-refractivity contribution < 1.29 is 14.3 Å². The average molecular weight is 358 g/mol. The first kappa shape index (κ1) is 17.8. The van der Waals surface area contributed by atoms with E-state index in [1.807, 2.05) is 35.7 Å². The number of hydrogen-bond donors (Lipinski definition) is 1. The van der Waals surface area contributed by atoms with Crippen molar-refractivity contribution in [2.45, 2.75) is 4.90 Å².